The van der Waals surface area contributed by atoms with Crippen molar-refractivity contribution >= 4 is 27.8 Å². The summed E-state index contributed by atoms with van der Waals surface area (Å²) in [6.45, 7) is 7.50. The Morgan fingerprint density at radius 1 is 1.38 bits per heavy atom. The zero-order chi connectivity index (χ0) is 15.0. The summed E-state index contributed by atoms with van der Waals surface area (Å²) in [5.41, 5.74) is 1.02. The van der Waals surface area contributed by atoms with Gasteiger partial charge in [0, 0.05) is 16.3 Å². The van der Waals surface area contributed by atoms with Crippen LogP contribution in [0.5, 0.6) is 0 Å². The third-order valence-corrected chi connectivity index (χ3v) is 5.62. The molecule has 114 valence electrons. The first-order chi connectivity index (χ1) is 9.99. The molecule has 2 heterocycles. The predicted molar refractivity (Wildman–Crippen MR) is 90.3 cm³/mol. The van der Waals surface area contributed by atoms with Gasteiger partial charge >= 0.3 is 0 Å². The lowest BCUT2D eigenvalue weighted by Crippen LogP contribution is -2.24. The maximum Gasteiger partial charge on any atom is 0.186 e. The van der Waals surface area contributed by atoms with Gasteiger partial charge in [-0.15, -0.1) is 11.3 Å². The van der Waals surface area contributed by atoms with Crippen LogP contribution in [0, 0.1) is 0 Å². The molecule has 1 aliphatic rings. The van der Waals surface area contributed by atoms with Gasteiger partial charge < -0.3 is 10.0 Å². The lowest BCUT2D eigenvalue weighted by atomic mass is 9.91. The largest absolute Gasteiger partial charge is 0.391 e. The second-order valence-corrected chi connectivity index (χ2v) is 8.71. The zero-order valence-electron chi connectivity index (χ0n) is 12.8. The van der Waals surface area contributed by atoms with Crippen molar-refractivity contribution in [2.45, 2.75) is 58.2 Å². The SMILES string of the molecule is CC(C)(C)c1nc(N(Cc2cccs2)C2CC2)sc1CO. The van der Waals surface area contributed by atoms with Gasteiger partial charge in [-0.2, -0.15) is 0 Å². The van der Waals surface area contributed by atoms with Crippen LogP contribution in [0.15, 0.2) is 17.5 Å². The Kier molecular flexibility index (Phi) is 4.08. The third-order valence-electron chi connectivity index (χ3n) is 3.68. The van der Waals surface area contributed by atoms with Gasteiger partial charge in [-0.3, -0.25) is 0 Å². The van der Waals surface area contributed by atoms with Crippen LogP contribution in [0.1, 0.15) is 49.1 Å². The molecule has 0 saturated heterocycles. The summed E-state index contributed by atoms with van der Waals surface area (Å²) in [6, 6.07) is 4.91. The molecule has 0 unspecified atom stereocenters. The number of hydrogen-bond acceptors (Lipinski definition) is 5. The molecule has 0 radical (unpaired) electrons. The van der Waals surface area contributed by atoms with Crippen molar-refractivity contribution in [1.82, 2.24) is 4.98 Å². The fourth-order valence-corrected chi connectivity index (χ4v) is 4.37. The molecule has 2 aromatic rings. The highest BCUT2D eigenvalue weighted by Gasteiger charge is 2.33. The molecule has 0 amide bonds. The average Bonchev–Trinajstić information content (AvgIpc) is 2.97. The second kappa shape index (κ2) is 5.71. The predicted octanol–water partition coefficient (Wildman–Crippen LogP) is 4.16. The molecule has 3 nitrogen and oxygen atoms in total. The lowest BCUT2D eigenvalue weighted by Gasteiger charge is -2.21. The van der Waals surface area contributed by atoms with Crippen LogP contribution in [-0.2, 0) is 18.6 Å². The molecule has 3 rings (SSSR count). The number of thiazole rings is 1. The minimum atomic E-state index is -0.0229. The number of rotatable bonds is 5. The summed E-state index contributed by atoms with van der Waals surface area (Å²) in [6.07, 6.45) is 2.51. The number of aliphatic hydroxyl groups excluding tert-OH is 1. The van der Waals surface area contributed by atoms with Crippen molar-refractivity contribution in [3.05, 3.63) is 33.0 Å². The van der Waals surface area contributed by atoms with Crippen LogP contribution in [0.25, 0.3) is 0 Å². The molecule has 0 aliphatic heterocycles. The van der Waals surface area contributed by atoms with Gasteiger partial charge in [0.1, 0.15) is 0 Å². The van der Waals surface area contributed by atoms with Gasteiger partial charge in [0.2, 0.25) is 0 Å². The van der Waals surface area contributed by atoms with E-state index in [9.17, 15) is 5.11 Å². The van der Waals surface area contributed by atoms with Crippen molar-refractivity contribution in [3.8, 4) is 0 Å². The summed E-state index contributed by atoms with van der Waals surface area (Å²) in [4.78, 5) is 9.69. The third kappa shape index (κ3) is 3.30. The minimum absolute atomic E-state index is 0.0229. The first-order valence-electron chi connectivity index (χ1n) is 7.39. The van der Waals surface area contributed by atoms with Crippen LogP contribution in [-0.4, -0.2) is 16.1 Å². The van der Waals surface area contributed by atoms with Crippen molar-refractivity contribution in [2.75, 3.05) is 4.90 Å². The normalized spacial score (nSPS) is 15.4. The number of thiophene rings is 1. The molecular formula is C16H22N2OS2. The minimum Gasteiger partial charge on any atom is -0.391 e. The molecule has 0 atom stereocenters. The standard InChI is InChI=1S/C16H22N2OS2/c1-16(2,3)14-13(10-19)21-15(17-14)18(11-6-7-11)9-12-5-4-8-20-12/h4-5,8,11,19H,6-7,9-10H2,1-3H3. The molecule has 1 saturated carbocycles. The lowest BCUT2D eigenvalue weighted by molar-refractivity contribution is 0.282. The van der Waals surface area contributed by atoms with Crippen molar-refractivity contribution in [3.63, 3.8) is 0 Å². The van der Waals surface area contributed by atoms with E-state index in [-0.39, 0.29) is 12.0 Å². The van der Waals surface area contributed by atoms with Gasteiger partial charge in [0.05, 0.1) is 23.7 Å². The van der Waals surface area contributed by atoms with Gasteiger partial charge in [-0.1, -0.05) is 38.2 Å². The Balaban J connectivity index is 1.91. The zero-order valence-corrected chi connectivity index (χ0v) is 14.4. The molecular weight excluding hydrogens is 300 g/mol. The average molecular weight is 322 g/mol. The molecule has 0 bridgehead atoms. The first kappa shape index (κ1) is 15.0. The van der Waals surface area contributed by atoms with Crippen molar-refractivity contribution in [1.29, 1.82) is 0 Å². The van der Waals surface area contributed by atoms with E-state index in [2.05, 4.69) is 43.2 Å². The number of nitrogens with zero attached hydrogens (tertiary/aromatic N) is 2. The van der Waals surface area contributed by atoms with Gasteiger partial charge in [-0.25, -0.2) is 4.98 Å². The van der Waals surface area contributed by atoms with Crippen LogP contribution >= 0.6 is 22.7 Å². The van der Waals surface area contributed by atoms with E-state index in [4.69, 9.17) is 4.98 Å². The Hall–Kier alpha value is -0.910. The molecule has 0 aromatic carbocycles. The highest BCUT2D eigenvalue weighted by atomic mass is 32.1. The Bertz CT molecular complexity index is 594. The Morgan fingerprint density at radius 3 is 2.62 bits per heavy atom. The van der Waals surface area contributed by atoms with E-state index >= 15 is 0 Å². The van der Waals surface area contributed by atoms with E-state index in [1.165, 1.54) is 17.7 Å². The van der Waals surface area contributed by atoms with E-state index in [0.717, 1.165) is 22.2 Å². The van der Waals surface area contributed by atoms with Crippen LogP contribution in [0.2, 0.25) is 0 Å². The smallest absolute Gasteiger partial charge is 0.186 e. The second-order valence-electron chi connectivity index (χ2n) is 6.61. The highest BCUT2D eigenvalue weighted by molar-refractivity contribution is 7.15. The van der Waals surface area contributed by atoms with E-state index in [1.54, 1.807) is 22.7 Å². The van der Waals surface area contributed by atoms with E-state index in [1.807, 2.05) is 0 Å². The number of hydrogen-bond donors (Lipinski definition) is 1. The number of aliphatic hydroxyl groups is 1. The van der Waals surface area contributed by atoms with Crippen molar-refractivity contribution in [2.24, 2.45) is 0 Å². The summed E-state index contributed by atoms with van der Waals surface area (Å²) >= 11 is 3.45. The Morgan fingerprint density at radius 2 is 2.14 bits per heavy atom. The Labute approximate surface area is 134 Å². The quantitative estimate of drug-likeness (QED) is 0.898. The van der Waals surface area contributed by atoms with Crippen LogP contribution < -0.4 is 4.90 Å². The molecule has 21 heavy (non-hydrogen) atoms. The summed E-state index contributed by atoms with van der Waals surface area (Å²) in [7, 11) is 0. The van der Waals surface area contributed by atoms with Crippen LogP contribution in [0.4, 0.5) is 5.13 Å². The van der Waals surface area contributed by atoms with E-state index in [0.29, 0.717) is 6.04 Å². The summed E-state index contributed by atoms with van der Waals surface area (Å²) in [5, 5.41) is 12.8. The monoisotopic (exact) mass is 322 g/mol. The first-order valence-corrected chi connectivity index (χ1v) is 9.08. The fraction of sp³-hybridized carbons (Fsp3) is 0.562. The maximum absolute atomic E-state index is 9.64. The number of aromatic nitrogens is 1. The summed E-state index contributed by atoms with van der Waals surface area (Å²) in [5.74, 6) is 0. The summed E-state index contributed by atoms with van der Waals surface area (Å²) < 4.78 is 0. The number of anilines is 1. The molecule has 2 aromatic heterocycles. The highest BCUT2D eigenvalue weighted by Crippen LogP contribution is 2.39. The molecule has 5 heteroatoms. The topological polar surface area (TPSA) is 36.4 Å². The van der Waals surface area contributed by atoms with Gasteiger partial charge in [0.15, 0.2) is 5.13 Å². The van der Waals surface area contributed by atoms with E-state index < -0.39 is 0 Å². The maximum atomic E-state index is 9.64. The fourth-order valence-electron chi connectivity index (χ4n) is 2.46. The van der Waals surface area contributed by atoms with Crippen LogP contribution in [0.3, 0.4) is 0 Å². The van der Waals surface area contributed by atoms with Gasteiger partial charge in [-0.05, 0) is 24.3 Å². The molecule has 1 fully saturated rings. The molecule has 1 N–H and O–H groups in total. The molecule has 1 aliphatic carbocycles. The van der Waals surface area contributed by atoms with Gasteiger partial charge in [0.25, 0.3) is 0 Å². The molecule has 0 spiro atoms. The van der Waals surface area contributed by atoms with Crippen molar-refractivity contribution < 1.29 is 5.11 Å².